The highest BCUT2D eigenvalue weighted by molar-refractivity contribution is 6.04. The van der Waals surface area contributed by atoms with Crippen LogP contribution >= 0.6 is 0 Å². The van der Waals surface area contributed by atoms with Crippen LogP contribution < -0.4 is 10.6 Å². The molecular weight excluding hydrogens is 446 g/mol. The summed E-state index contributed by atoms with van der Waals surface area (Å²) in [6.45, 7) is 3.08. The van der Waals surface area contributed by atoms with Crippen molar-refractivity contribution in [3.63, 3.8) is 0 Å². The van der Waals surface area contributed by atoms with E-state index in [2.05, 4.69) is 28.6 Å². The molecular formula is C26H29N5O4. The van der Waals surface area contributed by atoms with Crippen LogP contribution in [0, 0.1) is 11.3 Å². The summed E-state index contributed by atoms with van der Waals surface area (Å²) in [6, 6.07) is 13.0. The molecule has 1 heterocycles. The number of benzene rings is 2. The van der Waals surface area contributed by atoms with E-state index in [-0.39, 0.29) is 24.7 Å². The molecule has 0 unspecified atom stereocenters. The number of nitrogens with zero attached hydrogens (tertiary/aromatic N) is 3. The van der Waals surface area contributed by atoms with Gasteiger partial charge in [-0.3, -0.25) is 14.7 Å². The topological polar surface area (TPSA) is 142 Å². The second kappa shape index (κ2) is 12.5. The lowest BCUT2D eigenvalue weighted by molar-refractivity contribution is -0.111. The first-order valence-electron chi connectivity index (χ1n) is 11.3. The molecule has 0 radical (unpaired) electrons. The SMILES string of the molecule is CCc1cccc(Nc2c(C#N)cnc3cc(O)c(NC(=O)/C=C/CN(CCO)CCO)cc23)c1. The van der Waals surface area contributed by atoms with E-state index >= 15 is 0 Å². The summed E-state index contributed by atoms with van der Waals surface area (Å²) >= 11 is 0. The van der Waals surface area contributed by atoms with Gasteiger partial charge < -0.3 is 26.0 Å². The van der Waals surface area contributed by atoms with E-state index in [1.54, 1.807) is 17.0 Å². The Kier molecular flexibility index (Phi) is 9.15. The Morgan fingerprint density at radius 3 is 2.66 bits per heavy atom. The predicted octanol–water partition coefficient (Wildman–Crippen LogP) is 2.90. The van der Waals surface area contributed by atoms with Crippen LogP contribution in [0.15, 0.2) is 54.7 Å². The Balaban J connectivity index is 1.88. The van der Waals surface area contributed by atoms with E-state index in [0.29, 0.717) is 41.8 Å². The number of anilines is 3. The van der Waals surface area contributed by atoms with Crippen molar-refractivity contribution in [3.05, 3.63) is 65.9 Å². The molecule has 1 aromatic heterocycles. The van der Waals surface area contributed by atoms with Gasteiger partial charge in [-0.15, -0.1) is 0 Å². The number of hydrogen-bond acceptors (Lipinski definition) is 8. The van der Waals surface area contributed by atoms with Gasteiger partial charge in [-0.25, -0.2) is 0 Å². The molecule has 0 saturated heterocycles. The molecule has 1 amide bonds. The summed E-state index contributed by atoms with van der Waals surface area (Å²) < 4.78 is 0. The minimum absolute atomic E-state index is 0.0528. The number of phenolic OH excluding ortho intramolecular Hbond substituents is 1. The smallest absolute Gasteiger partial charge is 0.248 e. The summed E-state index contributed by atoms with van der Waals surface area (Å²) in [5.41, 5.74) is 3.45. The summed E-state index contributed by atoms with van der Waals surface area (Å²) in [7, 11) is 0. The van der Waals surface area contributed by atoms with Crippen molar-refractivity contribution in [1.29, 1.82) is 5.26 Å². The first-order valence-corrected chi connectivity index (χ1v) is 11.3. The van der Waals surface area contributed by atoms with Gasteiger partial charge in [0.25, 0.3) is 0 Å². The zero-order valence-electron chi connectivity index (χ0n) is 19.5. The zero-order valence-corrected chi connectivity index (χ0v) is 19.5. The lowest BCUT2D eigenvalue weighted by Gasteiger charge is -2.17. The standard InChI is InChI=1S/C26H29N5O4/c1-2-18-5-3-6-20(13-18)29-26-19(16-27)17-28-22-15-24(34)23(14-21(22)26)30-25(35)7-4-8-31(9-11-32)10-12-33/h3-7,13-15,17,32-34H,2,8-12H2,1H3,(H,28,29)(H,30,35)/b7-4+. The monoisotopic (exact) mass is 475 g/mol. The number of nitrogens with one attached hydrogen (secondary N) is 2. The molecule has 182 valence electrons. The van der Waals surface area contributed by atoms with Crippen molar-refractivity contribution in [2.24, 2.45) is 0 Å². The van der Waals surface area contributed by atoms with Crippen LogP contribution in [0.25, 0.3) is 10.9 Å². The maximum absolute atomic E-state index is 12.5. The van der Waals surface area contributed by atoms with Crippen molar-refractivity contribution in [2.75, 3.05) is 43.5 Å². The first-order chi connectivity index (χ1) is 17.0. The van der Waals surface area contributed by atoms with Crippen molar-refractivity contribution >= 4 is 33.9 Å². The predicted molar refractivity (Wildman–Crippen MR) is 136 cm³/mol. The van der Waals surface area contributed by atoms with E-state index in [1.165, 1.54) is 18.3 Å². The number of rotatable bonds is 11. The molecule has 0 fully saturated rings. The van der Waals surface area contributed by atoms with Gasteiger partial charge in [0.1, 0.15) is 11.8 Å². The molecule has 0 spiro atoms. The third kappa shape index (κ3) is 6.77. The van der Waals surface area contributed by atoms with Crippen LogP contribution in [0.2, 0.25) is 0 Å². The number of aromatic nitrogens is 1. The van der Waals surface area contributed by atoms with Crippen molar-refractivity contribution in [2.45, 2.75) is 13.3 Å². The number of carbonyl (C=O) groups is 1. The molecule has 0 aliphatic carbocycles. The molecule has 0 bridgehead atoms. The molecule has 5 N–H and O–H groups in total. The van der Waals surface area contributed by atoms with E-state index in [1.807, 2.05) is 24.3 Å². The van der Waals surface area contributed by atoms with Gasteiger partial charge in [-0.05, 0) is 30.2 Å². The van der Waals surface area contributed by atoms with E-state index in [4.69, 9.17) is 10.2 Å². The summed E-state index contributed by atoms with van der Waals surface area (Å²) in [4.78, 5) is 18.5. The van der Waals surface area contributed by atoms with Crippen molar-refractivity contribution < 1.29 is 20.1 Å². The third-order valence-corrected chi connectivity index (χ3v) is 5.43. The second-order valence-corrected chi connectivity index (χ2v) is 7.86. The maximum atomic E-state index is 12.5. The van der Waals surface area contributed by atoms with Crippen LogP contribution in [0.3, 0.4) is 0 Å². The number of phenols is 1. The van der Waals surface area contributed by atoms with Crippen LogP contribution in [0.5, 0.6) is 5.75 Å². The summed E-state index contributed by atoms with van der Waals surface area (Å²) in [6.07, 6.45) is 5.25. The molecule has 0 aliphatic heterocycles. The largest absolute Gasteiger partial charge is 0.506 e. The Morgan fingerprint density at radius 2 is 1.97 bits per heavy atom. The molecule has 0 saturated carbocycles. The number of aryl methyl sites for hydroxylation is 1. The van der Waals surface area contributed by atoms with E-state index < -0.39 is 5.91 Å². The van der Waals surface area contributed by atoms with Gasteiger partial charge in [-0.1, -0.05) is 25.1 Å². The van der Waals surface area contributed by atoms with Crippen LogP contribution in [0.4, 0.5) is 17.1 Å². The number of amides is 1. The Morgan fingerprint density at radius 1 is 1.20 bits per heavy atom. The number of aromatic hydroxyl groups is 1. The van der Waals surface area contributed by atoms with Crippen LogP contribution in [-0.4, -0.2) is 64.0 Å². The van der Waals surface area contributed by atoms with Gasteiger partial charge in [0, 0.05) is 49.0 Å². The second-order valence-electron chi connectivity index (χ2n) is 7.86. The van der Waals surface area contributed by atoms with Gasteiger partial charge in [0.05, 0.1) is 35.7 Å². The molecule has 2 aromatic carbocycles. The van der Waals surface area contributed by atoms with Crippen LogP contribution in [-0.2, 0) is 11.2 Å². The molecule has 35 heavy (non-hydrogen) atoms. The van der Waals surface area contributed by atoms with Gasteiger partial charge in [0.2, 0.25) is 5.91 Å². The molecule has 9 heteroatoms. The fourth-order valence-electron chi connectivity index (χ4n) is 3.62. The van der Waals surface area contributed by atoms with Crippen molar-refractivity contribution in [1.82, 2.24) is 9.88 Å². The number of aliphatic hydroxyl groups is 2. The number of aliphatic hydroxyl groups excluding tert-OH is 2. The highest BCUT2D eigenvalue weighted by atomic mass is 16.3. The average Bonchev–Trinajstić information content (AvgIpc) is 2.85. The lowest BCUT2D eigenvalue weighted by Crippen LogP contribution is -2.30. The Bertz CT molecular complexity index is 1250. The molecule has 9 nitrogen and oxygen atoms in total. The number of fused-ring (bicyclic) bond motifs is 1. The lowest BCUT2D eigenvalue weighted by atomic mass is 10.1. The van der Waals surface area contributed by atoms with Gasteiger partial charge in [-0.2, -0.15) is 5.26 Å². The summed E-state index contributed by atoms with van der Waals surface area (Å²) in [5.74, 6) is -0.611. The molecule has 3 aromatic rings. The number of hydrogen-bond donors (Lipinski definition) is 5. The first kappa shape index (κ1) is 25.6. The molecule has 0 aliphatic rings. The molecule has 3 rings (SSSR count). The quantitative estimate of drug-likeness (QED) is 0.211. The number of carbonyl (C=O) groups excluding carboxylic acids is 1. The van der Waals surface area contributed by atoms with Gasteiger partial charge in [0.15, 0.2) is 0 Å². The zero-order chi connectivity index (χ0) is 25.2. The maximum Gasteiger partial charge on any atom is 0.248 e. The number of pyridine rings is 1. The average molecular weight is 476 g/mol. The van der Waals surface area contributed by atoms with Crippen molar-refractivity contribution in [3.8, 4) is 11.8 Å². The Labute approximate surface area is 204 Å². The fraction of sp³-hybridized carbons (Fsp3) is 0.269. The summed E-state index contributed by atoms with van der Waals surface area (Å²) in [5, 5.41) is 44.8. The minimum atomic E-state index is -0.456. The minimum Gasteiger partial charge on any atom is -0.506 e. The normalized spacial score (nSPS) is 11.2. The highest BCUT2D eigenvalue weighted by Crippen LogP contribution is 2.35. The van der Waals surface area contributed by atoms with Crippen LogP contribution in [0.1, 0.15) is 18.1 Å². The third-order valence-electron chi connectivity index (χ3n) is 5.43. The molecule has 0 atom stereocenters. The fourth-order valence-corrected chi connectivity index (χ4v) is 3.62. The van der Waals surface area contributed by atoms with E-state index in [9.17, 15) is 15.2 Å². The van der Waals surface area contributed by atoms with E-state index in [0.717, 1.165) is 17.7 Å². The highest BCUT2D eigenvalue weighted by Gasteiger charge is 2.14. The van der Waals surface area contributed by atoms with Gasteiger partial charge >= 0.3 is 0 Å². The Hall–Kier alpha value is -3.97. The number of nitriles is 1.